The first kappa shape index (κ1) is 70.6. The first-order valence-corrected chi connectivity index (χ1v) is 31.4. The van der Waals surface area contributed by atoms with Gasteiger partial charge in [0, 0.05) is 19.4 Å². The Hall–Kier alpha value is -3.44. The smallest absolute Gasteiger partial charge is 0.306 e. The van der Waals surface area contributed by atoms with E-state index in [-0.39, 0.29) is 25.2 Å². The summed E-state index contributed by atoms with van der Waals surface area (Å²) in [6.07, 6.45) is 88.3. The van der Waals surface area contributed by atoms with E-state index in [0.717, 1.165) is 116 Å². The Kier molecular flexibility index (Phi) is 60.9. The average Bonchev–Trinajstić information content (AvgIpc) is 3.40. The number of rotatable bonds is 57. The maximum absolute atomic E-state index is 12.9. The first-order chi connectivity index (χ1) is 36.6. The molecule has 0 aromatic rings. The highest BCUT2D eigenvalue weighted by atomic mass is 16.6. The Morgan fingerprint density at radius 2 is 0.608 bits per heavy atom. The van der Waals surface area contributed by atoms with Gasteiger partial charge in [0.15, 0.2) is 6.10 Å². The van der Waals surface area contributed by atoms with Crippen LogP contribution in [0.25, 0.3) is 0 Å². The van der Waals surface area contributed by atoms with E-state index < -0.39 is 6.10 Å². The lowest BCUT2D eigenvalue weighted by Gasteiger charge is -2.18. The fourth-order valence-corrected chi connectivity index (χ4v) is 8.60. The van der Waals surface area contributed by atoms with E-state index in [4.69, 9.17) is 14.2 Å². The van der Waals surface area contributed by atoms with Crippen LogP contribution in [-0.4, -0.2) is 37.9 Å². The topological polar surface area (TPSA) is 61.8 Å². The average molecular weight is 1030 g/mol. The van der Waals surface area contributed by atoms with E-state index in [1.807, 2.05) is 0 Å². The van der Waals surface area contributed by atoms with E-state index in [2.05, 4.69) is 130 Å². The van der Waals surface area contributed by atoms with Gasteiger partial charge in [-0.3, -0.25) is 9.59 Å². The molecule has 0 aliphatic carbocycles. The van der Waals surface area contributed by atoms with Gasteiger partial charge in [-0.05, 0) is 128 Å². The molecule has 0 saturated heterocycles. The molecule has 0 aromatic heterocycles. The summed E-state index contributed by atoms with van der Waals surface area (Å²) in [5.41, 5.74) is 0. The molecular formula is C69H118O5. The van der Waals surface area contributed by atoms with Crippen LogP contribution < -0.4 is 0 Å². The van der Waals surface area contributed by atoms with E-state index in [9.17, 15) is 9.59 Å². The quantitative estimate of drug-likeness (QED) is 0.0345. The summed E-state index contributed by atoms with van der Waals surface area (Å²) in [7, 11) is 0. The molecule has 0 amide bonds. The summed E-state index contributed by atoms with van der Waals surface area (Å²) in [5, 5.41) is 0. The zero-order chi connectivity index (χ0) is 53.4. The highest BCUT2D eigenvalue weighted by Crippen LogP contribution is 2.15. The first-order valence-electron chi connectivity index (χ1n) is 31.4. The minimum Gasteiger partial charge on any atom is -0.462 e. The summed E-state index contributed by atoms with van der Waals surface area (Å²) < 4.78 is 17.5. The second-order valence-electron chi connectivity index (χ2n) is 20.6. The molecule has 0 saturated carbocycles. The molecule has 0 rings (SSSR count). The standard InChI is InChI=1S/C69H118O5/c1-4-7-10-13-16-19-22-25-28-31-34-37-40-43-46-49-52-55-58-61-64-72-65-67(74-69(71)63-60-57-54-51-48-45-42-39-36-33-30-27-24-21-18-15-12-9-6-3)66-73-68(70)62-59-56-53-50-47-44-41-38-35-32-29-26-23-20-17-14-11-8-5-2/h7,10,16-17,19-20,25-30,34-35,37-38,43,46,67H,4-6,8-9,11-15,18,21-24,31-33,36,39-42,44-45,47-66H2,1-3H3/b10-7-,19-16-,20-17-,28-25-,29-26-,30-27-,37-34-,38-35-,46-43-. The van der Waals surface area contributed by atoms with Gasteiger partial charge in [-0.1, -0.05) is 259 Å². The molecule has 0 N–H and O–H groups in total. The third-order valence-corrected chi connectivity index (χ3v) is 13.3. The Bertz CT molecular complexity index is 1440. The number of esters is 2. The number of carbonyl (C=O) groups is 2. The van der Waals surface area contributed by atoms with Crippen LogP contribution in [0.2, 0.25) is 0 Å². The molecule has 1 unspecified atom stereocenters. The molecule has 0 aliphatic rings. The maximum Gasteiger partial charge on any atom is 0.306 e. The lowest BCUT2D eigenvalue weighted by molar-refractivity contribution is -0.163. The van der Waals surface area contributed by atoms with Crippen LogP contribution in [0.3, 0.4) is 0 Å². The van der Waals surface area contributed by atoms with Gasteiger partial charge in [0.1, 0.15) is 6.61 Å². The minimum atomic E-state index is -0.565. The van der Waals surface area contributed by atoms with Crippen LogP contribution in [0.15, 0.2) is 109 Å². The molecule has 74 heavy (non-hydrogen) atoms. The van der Waals surface area contributed by atoms with E-state index in [0.29, 0.717) is 19.4 Å². The molecule has 0 bridgehead atoms. The molecule has 424 valence electrons. The molecule has 0 aromatic carbocycles. The second kappa shape index (κ2) is 63.8. The molecule has 5 heteroatoms. The van der Waals surface area contributed by atoms with Gasteiger partial charge in [-0.2, -0.15) is 0 Å². The molecule has 1 atom stereocenters. The SMILES string of the molecule is CC/C=C\C/C=C\C/C=C\C/C=C\C/C=C\CCCCCCOCC(COC(=O)CCCCCCCC/C=C\C/C=C\C/C=C\CCCCC)OC(=O)CCCCCCCCCCC/C=C\CCCCCCCC. The van der Waals surface area contributed by atoms with Crippen LogP contribution in [-0.2, 0) is 23.8 Å². The lowest BCUT2D eigenvalue weighted by atomic mass is 10.1. The minimum absolute atomic E-state index is 0.0623. The second-order valence-corrected chi connectivity index (χ2v) is 20.6. The number of hydrogen-bond acceptors (Lipinski definition) is 5. The molecule has 0 aliphatic heterocycles. The Balaban J connectivity index is 4.38. The fraction of sp³-hybridized carbons (Fsp3) is 0.710. The van der Waals surface area contributed by atoms with Gasteiger partial charge in [0.25, 0.3) is 0 Å². The van der Waals surface area contributed by atoms with Crippen molar-refractivity contribution in [2.45, 2.75) is 297 Å². The summed E-state index contributed by atoms with van der Waals surface area (Å²) in [6.45, 7) is 7.63. The van der Waals surface area contributed by atoms with Crippen molar-refractivity contribution in [1.82, 2.24) is 0 Å². The highest BCUT2D eigenvalue weighted by molar-refractivity contribution is 5.70. The number of hydrogen-bond donors (Lipinski definition) is 0. The van der Waals surface area contributed by atoms with E-state index in [1.54, 1.807) is 0 Å². The van der Waals surface area contributed by atoms with Crippen molar-refractivity contribution in [2.24, 2.45) is 0 Å². The van der Waals surface area contributed by atoms with Crippen LogP contribution in [0.1, 0.15) is 290 Å². The summed E-state index contributed by atoms with van der Waals surface area (Å²) >= 11 is 0. The molecule has 0 fully saturated rings. The summed E-state index contributed by atoms with van der Waals surface area (Å²) in [4.78, 5) is 25.6. The molecule has 5 nitrogen and oxygen atoms in total. The molecule has 0 radical (unpaired) electrons. The Morgan fingerprint density at radius 1 is 0.311 bits per heavy atom. The number of carbonyl (C=O) groups excluding carboxylic acids is 2. The van der Waals surface area contributed by atoms with Crippen LogP contribution in [0.5, 0.6) is 0 Å². The zero-order valence-electron chi connectivity index (χ0n) is 48.8. The van der Waals surface area contributed by atoms with Gasteiger partial charge < -0.3 is 14.2 Å². The van der Waals surface area contributed by atoms with Gasteiger partial charge in [0.05, 0.1) is 6.61 Å². The van der Waals surface area contributed by atoms with Gasteiger partial charge in [-0.25, -0.2) is 0 Å². The zero-order valence-corrected chi connectivity index (χ0v) is 48.8. The Labute approximate surface area is 459 Å². The summed E-state index contributed by atoms with van der Waals surface area (Å²) in [5.74, 6) is -0.425. The predicted octanol–water partition coefficient (Wildman–Crippen LogP) is 21.9. The van der Waals surface area contributed by atoms with Crippen LogP contribution >= 0.6 is 0 Å². The highest BCUT2D eigenvalue weighted by Gasteiger charge is 2.17. The fourth-order valence-electron chi connectivity index (χ4n) is 8.60. The van der Waals surface area contributed by atoms with Crippen LogP contribution in [0, 0.1) is 0 Å². The van der Waals surface area contributed by atoms with E-state index >= 15 is 0 Å². The van der Waals surface area contributed by atoms with Crippen molar-refractivity contribution in [3.05, 3.63) is 109 Å². The van der Waals surface area contributed by atoms with Gasteiger partial charge in [-0.15, -0.1) is 0 Å². The van der Waals surface area contributed by atoms with E-state index in [1.165, 1.54) is 141 Å². The van der Waals surface area contributed by atoms with Crippen molar-refractivity contribution in [3.63, 3.8) is 0 Å². The Morgan fingerprint density at radius 3 is 1.01 bits per heavy atom. The largest absolute Gasteiger partial charge is 0.462 e. The monoisotopic (exact) mass is 1030 g/mol. The lowest BCUT2D eigenvalue weighted by Crippen LogP contribution is -2.30. The predicted molar refractivity (Wildman–Crippen MR) is 325 cm³/mol. The molecule has 0 spiro atoms. The van der Waals surface area contributed by atoms with Crippen molar-refractivity contribution in [3.8, 4) is 0 Å². The third kappa shape index (κ3) is 61.1. The number of ether oxygens (including phenoxy) is 3. The van der Waals surface area contributed by atoms with Crippen LogP contribution in [0.4, 0.5) is 0 Å². The van der Waals surface area contributed by atoms with Crippen molar-refractivity contribution in [1.29, 1.82) is 0 Å². The van der Waals surface area contributed by atoms with Crippen molar-refractivity contribution >= 4 is 11.9 Å². The van der Waals surface area contributed by atoms with Gasteiger partial charge in [0.2, 0.25) is 0 Å². The normalized spacial score (nSPS) is 13.0. The molecular weight excluding hydrogens is 909 g/mol. The number of unbranched alkanes of at least 4 members (excludes halogenated alkanes) is 28. The van der Waals surface area contributed by atoms with Crippen molar-refractivity contribution in [2.75, 3.05) is 19.8 Å². The maximum atomic E-state index is 12.9. The number of allylic oxidation sites excluding steroid dienone is 18. The summed E-state index contributed by atoms with van der Waals surface area (Å²) in [6, 6.07) is 0. The van der Waals surface area contributed by atoms with Gasteiger partial charge >= 0.3 is 11.9 Å². The third-order valence-electron chi connectivity index (χ3n) is 13.3. The van der Waals surface area contributed by atoms with Crippen molar-refractivity contribution < 1.29 is 23.8 Å². The molecule has 0 heterocycles.